The lowest BCUT2D eigenvalue weighted by Gasteiger charge is -2.18. The molecule has 0 bridgehead atoms. The first-order valence-corrected chi connectivity index (χ1v) is 6.78. The lowest BCUT2D eigenvalue weighted by Crippen LogP contribution is -2.36. The molecule has 0 amide bonds. The molecule has 10 heteroatoms. The molecule has 1 fully saturated rings. The number of rotatable bonds is 4. The van der Waals surface area contributed by atoms with Crippen molar-refractivity contribution in [2.75, 3.05) is 18.9 Å². The predicted octanol–water partition coefficient (Wildman–Crippen LogP) is -2.03. The number of terminal acetylenes is 1. The number of H-pyrrole nitrogens is 1. The second kappa shape index (κ2) is 5.98. The standard InChI is InChI=1S/C13H15N5O5/c1-2-3-22-9-6(4-19)23-12(8(9)20)18-5-15-7-10(18)16-13(14)17-11(7)21/h1,5-6,8-9,12,19-20H,3-4H2,(H3,14,16,17,21)/t6-,8-,9-,12-/m1/s1. The van der Waals surface area contributed by atoms with Crippen molar-refractivity contribution in [1.82, 2.24) is 19.5 Å². The fourth-order valence-electron chi connectivity index (χ4n) is 2.58. The molecule has 0 unspecified atom stereocenters. The first-order valence-electron chi connectivity index (χ1n) is 6.78. The Labute approximate surface area is 129 Å². The van der Waals surface area contributed by atoms with Gasteiger partial charge in [-0.2, -0.15) is 4.98 Å². The van der Waals surface area contributed by atoms with Crippen molar-refractivity contribution in [3.63, 3.8) is 0 Å². The quantitative estimate of drug-likeness (QED) is 0.471. The van der Waals surface area contributed by atoms with E-state index in [4.69, 9.17) is 21.6 Å². The third-order valence-electron chi connectivity index (χ3n) is 3.57. The topological polar surface area (TPSA) is 149 Å². The number of hydrogen-bond donors (Lipinski definition) is 4. The number of nitrogen functional groups attached to an aromatic ring is 1. The molecule has 4 atom stereocenters. The molecule has 0 radical (unpaired) electrons. The highest BCUT2D eigenvalue weighted by Gasteiger charge is 2.45. The number of nitrogens with one attached hydrogen (secondary N) is 1. The number of aliphatic hydroxyl groups excluding tert-OH is 2. The van der Waals surface area contributed by atoms with Crippen LogP contribution in [-0.2, 0) is 9.47 Å². The molecule has 3 heterocycles. The molecule has 1 aliphatic rings. The maximum Gasteiger partial charge on any atom is 0.280 e. The Kier molecular flexibility index (Phi) is 4.01. The summed E-state index contributed by atoms with van der Waals surface area (Å²) in [6, 6.07) is 0. The van der Waals surface area contributed by atoms with Gasteiger partial charge in [0.1, 0.15) is 24.9 Å². The number of hydrogen-bond acceptors (Lipinski definition) is 8. The second-order valence-corrected chi connectivity index (χ2v) is 4.99. The summed E-state index contributed by atoms with van der Waals surface area (Å²) in [7, 11) is 0. The summed E-state index contributed by atoms with van der Waals surface area (Å²) in [4.78, 5) is 22.1. The Hall–Kier alpha value is -2.45. The lowest BCUT2D eigenvalue weighted by atomic mass is 10.1. The van der Waals surface area contributed by atoms with Crippen molar-refractivity contribution in [3.8, 4) is 12.3 Å². The van der Waals surface area contributed by atoms with E-state index >= 15 is 0 Å². The number of anilines is 1. The van der Waals surface area contributed by atoms with Crippen LogP contribution in [0.3, 0.4) is 0 Å². The minimum Gasteiger partial charge on any atom is -0.394 e. The van der Waals surface area contributed by atoms with Gasteiger partial charge in [-0.1, -0.05) is 5.92 Å². The maximum absolute atomic E-state index is 11.8. The van der Waals surface area contributed by atoms with Crippen LogP contribution in [0.5, 0.6) is 0 Å². The minimum absolute atomic E-state index is 0.0378. The van der Waals surface area contributed by atoms with Crippen molar-refractivity contribution in [1.29, 1.82) is 0 Å². The van der Waals surface area contributed by atoms with Gasteiger partial charge in [0.2, 0.25) is 5.95 Å². The van der Waals surface area contributed by atoms with Gasteiger partial charge in [-0.25, -0.2) is 4.98 Å². The van der Waals surface area contributed by atoms with Crippen LogP contribution in [0.25, 0.3) is 11.2 Å². The summed E-state index contributed by atoms with van der Waals surface area (Å²) in [6.45, 7) is -0.407. The molecule has 2 aromatic rings. The molecule has 5 N–H and O–H groups in total. The fourth-order valence-corrected chi connectivity index (χ4v) is 2.58. The highest BCUT2D eigenvalue weighted by atomic mass is 16.6. The molecule has 3 rings (SSSR count). The third kappa shape index (κ3) is 2.55. The zero-order valence-electron chi connectivity index (χ0n) is 11.9. The molecule has 0 aromatic carbocycles. The number of nitrogens with zero attached hydrogens (tertiary/aromatic N) is 3. The van der Waals surface area contributed by atoms with Crippen LogP contribution in [-0.4, -0.2) is 61.3 Å². The van der Waals surface area contributed by atoms with Gasteiger partial charge >= 0.3 is 0 Å². The number of aliphatic hydroxyl groups is 2. The molecule has 1 aliphatic heterocycles. The van der Waals surface area contributed by atoms with Crippen LogP contribution in [0.15, 0.2) is 11.1 Å². The summed E-state index contributed by atoms with van der Waals surface area (Å²) < 4.78 is 12.3. The Morgan fingerprint density at radius 1 is 1.61 bits per heavy atom. The molecule has 2 aromatic heterocycles. The Bertz CT molecular complexity index is 809. The van der Waals surface area contributed by atoms with E-state index in [1.165, 1.54) is 10.9 Å². The van der Waals surface area contributed by atoms with Gasteiger partial charge in [0, 0.05) is 0 Å². The third-order valence-corrected chi connectivity index (χ3v) is 3.57. The van der Waals surface area contributed by atoms with Crippen LogP contribution < -0.4 is 11.3 Å². The number of imidazole rings is 1. The van der Waals surface area contributed by atoms with Crippen LogP contribution in [0.4, 0.5) is 5.95 Å². The number of ether oxygens (including phenoxy) is 2. The zero-order chi connectivity index (χ0) is 16.6. The summed E-state index contributed by atoms with van der Waals surface area (Å²) in [6.07, 6.45) is 2.75. The molecule has 0 aliphatic carbocycles. The monoisotopic (exact) mass is 321 g/mol. The molecular weight excluding hydrogens is 306 g/mol. The Balaban J connectivity index is 1.99. The largest absolute Gasteiger partial charge is 0.394 e. The van der Waals surface area contributed by atoms with Crippen LogP contribution in [0.1, 0.15) is 6.23 Å². The van der Waals surface area contributed by atoms with Gasteiger partial charge < -0.3 is 25.4 Å². The van der Waals surface area contributed by atoms with E-state index in [-0.39, 0.29) is 30.3 Å². The Morgan fingerprint density at radius 2 is 2.39 bits per heavy atom. The lowest BCUT2D eigenvalue weighted by molar-refractivity contribution is -0.0560. The molecular formula is C13H15N5O5. The molecule has 122 valence electrons. The smallest absolute Gasteiger partial charge is 0.280 e. The van der Waals surface area contributed by atoms with Crippen LogP contribution in [0.2, 0.25) is 0 Å². The van der Waals surface area contributed by atoms with E-state index in [2.05, 4.69) is 20.9 Å². The van der Waals surface area contributed by atoms with Gasteiger partial charge in [-0.3, -0.25) is 14.3 Å². The molecule has 23 heavy (non-hydrogen) atoms. The van der Waals surface area contributed by atoms with Crippen LogP contribution in [0, 0.1) is 12.3 Å². The summed E-state index contributed by atoms with van der Waals surface area (Å²) in [5.41, 5.74) is 5.25. The molecule has 0 spiro atoms. The summed E-state index contributed by atoms with van der Waals surface area (Å²) in [5, 5.41) is 19.8. The highest BCUT2D eigenvalue weighted by Crippen LogP contribution is 2.32. The van der Waals surface area contributed by atoms with Gasteiger partial charge in [-0.15, -0.1) is 6.42 Å². The van der Waals surface area contributed by atoms with Crippen molar-refractivity contribution in [3.05, 3.63) is 16.7 Å². The van der Waals surface area contributed by atoms with Crippen molar-refractivity contribution < 1.29 is 19.7 Å². The van der Waals surface area contributed by atoms with Gasteiger partial charge in [0.25, 0.3) is 5.56 Å². The average Bonchev–Trinajstić information content (AvgIpc) is 3.06. The first kappa shape index (κ1) is 15.4. The molecule has 1 saturated heterocycles. The molecule has 0 saturated carbocycles. The number of aromatic amines is 1. The van der Waals surface area contributed by atoms with Crippen molar-refractivity contribution >= 4 is 17.1 Å². The van der Waals surface area contributed by atoms with Gasteiger partial charge in [0.05, 0.1) is 12.9 Å². The molecule has 10 nitrogen and oxygen atoms in total. The van der Waals surface area contributed by atoms with E-state index < -0.39 is 30.1 Å². The van der Waals surface area contributed by atoms with Crippen molar-refractivity contribution in [2.24, 2.45) is 0 Å². The van der Waals surface area contributed by atoms with E-state index in [1.807, 2.05) is 0 Å². The average molecular weight is 321 g/mol. The Morgan fingerprint density at radius 3 is 3.09 bits per heavy atom. The highest BCUT2D eigenvalue weighted by molar-refractivity contribution is 5.70. The van der Waals surface area contributed by atoms with E-state index in [9.17, 15) is 15.0 Å². The minimum atomic E-state index is -1.14. The number of aromatic nitrogens is 4. The van der Waals surface area contributed by atoms with E-state index in [1.54, 1.807) is 0 Å². The van der Waals surface area contributed by atoms with Crippen LogP contribution >= 0.6 is 0 Å². The fraction of sp³-hybridized carbons (Fsp3) is 0.462. The zero-order valence-corrected chi connectivity index (χ0v) is 11.9. The van der Waals surface area contributed by atoms with Gasteiger partial charge in [0.15, 0.2) is 17.4 Å². The first-order chi connectivity index (χ1) is 11.1. The summed E-state index contributed by atoms with van der Waals surface area (Å²) >= 11 is 0. The maximum atomic E-state index is 11.8. The van der Waals surface area contributed by atoms with Crippen molar-refractivity contribution in [2.45, 2.75) is 24.5 Å². The number of nitrogens with two attached hydrogens (primary N) is 1. The van der Waals surface area contributed by atoms with E-state index in [0.717, 1.165) is 0 Å². The second-order valence-electron chi connectivity index (χ2n) is 4.99. The SMILES string of the molecule is C#CCO[C@H]1[C@@H](O)[C@H](n2cnc3c(=O)[nH]c(N)nc32)O[C@@H]1CO. The van der Waals surface area contributed by atoms with Gasteiger partial charge in [-0.05, 0) is 0 Å². The summed E-state index contributed by atoms with van der Waals surface area (Å²) in [5.74, 6) is 2.20. The van der Waals surface area contributed by atoms with E-state index in [0.29, 0.717) is 0 Å². The normalized spacial score (nSPS) is 27.3. The number of fused-ring (bicyclic) bond motifs is 1. The predicted molar refractivity (Wildman–Crippen MR) is 78.1 cm³/mol.